The van der Waals surface area contributed by atoms with Crippen LogP contribution in [-0.4, -0.2) is 165 Å². The van der Waals surface area contributed by atoms with Crippen molar-refractivity contribution >= 4 is 35.1 Å². The Morgan fingerprint density at radius 3 is 1.62 bits per heavy atom. The molecule has 15 heteroatoms. The molecule has 18 atom stereocenters. The van der Waals surface area contributed by atoms with Crippen LogP contribution in [0, 0.1) is 65.2 Å². The Hall–Kier alpha value is -3.37. The van der Waals surface area contributed by atoms with E-state index in [4.69, 9.17) is 23.7 Å². The number of amides is 1. The standard InChI is InChI=1S/C74H121N2O12P/c1-20-63-74(16,83)67(79)56(12)76(45-52(8)43-72(14,82)69(88-71-66(78)61(75(17)18)42-53(9)85-71)54(10)65(55(11)70(81)87-63)62-44-73(15,84-19)68(80)57(13)86-62)64(77)31-29-27-25-23-21-22-24-26-28-30-32-89(58-36-46(2)33-47(3)37-58,59-38-48(4)34-49(5)39-59)60-40-50(6)35-51(7)41-60/h33-41,52-57,61-63,65-69,71,78-80,82-83,89H,20-32,42-45H2,1-19H3/t52-,53-,54+,55-,56-,57+,61+,62?,63-,65+,66-,67-,68+,69-,71+,72-,73-,74-/m1/s1. The number of likely N-dealkylation sites (N-methyl/N-ethyl adjacent to an activating group) is 1. The minimum Gasteiger partial charge on any atom is -0.388 e. The van der Waals surface area contributed by atoms with Gasteiger partial charge < -0.3 is 59.0 Å². The molecule has 0 spiro atoms. The predicted octanol–water partition coefficient (Wildman–Crippen LogP) is 10.9. The summed E-state index contributed by atoms with van der Waals surface area (Å²) in [7, 11) is 2.92. The van der Waals surface area contributed by atoms with Gasteiger partial charge in [-0.25, -0.2) is 0 Å². The van der Waals surface area contributed by atoms with Gasteiger partial charge in [0, 0.05) is 32.0 Å². The zero-order chi connectivity index (χ0) is 66.1. The number of nitrogens with zero attached hydrogens (tertiary/aromatic N) is 2. The Morgan fingerprint density at radius 1 is 0.685 bits per heavy atom. The van der Waals surface area contributed by atoms with Gasteiger partial charge in [0.2, 0.25) is 5.91 Å². The number of hydrogen-bond donors (Lipinski definition) is 5. The van der Waals surface area contributed by atoms with Gasteiger partial charge in [-0.05, 0) is 86.7 Å². The number of methoxy groups -OCH3 is 1. The largest absolute Gasteiger partial charge is 0.388 e. The van der Waals surface area contributed by atoms with E-state index in [0.717, 1.165) is 31.8 Å². The number of aliphatic hydroxyl groups excluding tert-OH is 3. The van der Waals surface area contributed by atoms with E-state index in [0.29, 0.717) is 12.8 Å². The average Bonchev–Trinajstić information content (AvgIpc) is 1.03. The Morgan fingerprint density at radius 2 is 1.16 bits per heavy atom. The van der Waals surface area contributed by atoms with Gasteiger partial charge in [-0.15, -0.1) is 0 Å². The topological polar surface area (TPSA) is 188 Å². The first kappa shape index (κ1) is 74.7. The van der Waals surface area contributed by atoms with Crippen molar-refractivity contribution in [2.45, 2.75) is 291 Å². The van der Waals surface area contributed by atoms with Crippen molar-refractivity contribution in [1.82, 2.24) is 9.80 Å². The number of carbonyl (C=O) groups excluding carboxylic acids is 2. The van der Waals surface area contributed by atoms with Crippen molar-refractivity contribution in [2.75, 3.05) is 33.9 Å². The van der Waals surface area contributed by atoms with Crippen LogP contribution in [0.2, 0.25) is 0 Å². The maximum Gasteiger partial charge on any atom is 0.126 e. The predicted molar refractivity (Wildman–Crippen MR) is 362 cm³/mol. The first-order valence-electron chi connectivity index (χ1n) is 34.1. The number of aryl methyl sites for hydroxylation is 6. The maximum absolute atomic E-state index is 14.9. The van der Waals surface area contributed by atoms with Gasteiger partial charge in [0.1, 0.15) is 30.0 Å². The number of esters is 1. The molecular formula is C74H121N2O12P. The van der Waals surface area contributed by atoms with Crippen LogP contribution in [0.5, 0.6) is 0 Å². The van der Waals surface area contributed by atoms with E-state index in [9.17, 15) is 35.1 Å². The maximum atomic E-state index is 14.9. The fourth-order valence-electron chi connectivity index (χ4n) is 16.2. The second-order valence-corrected chi connectivity index (χ2v) is 33.5. The van der Waals surface area contributed by atoms with Crippen LogP contribution in [0.3, 0.4) is 0 Å². The first-order chi connectivity index (χ1) is 41.7. The summed E-state index contributed by atoms with van der Waals surface area (Å²) in [5.74, 6) is -3.62. The van der Waals surface area contributed by atoms with Gasteiger partial charge in [-0.1, -0.05) is 27.7 Å². The molecule has 3 aromatic carbocycles. The number of cyclic esters (lactones) is 1. The summed E-state index contributed by atoms with van der Waals surface area (Å²) >= 11 is 0. The summed E-state index contributed by atoms with van der Waals surface area (Å²) in [5.41, 5.74) is 3.21. The fraction of sp³-hybridized carbons (Fsp3) is 0.730. The third-order valence-corrected chi connectivity index (χ3v) is 25.8. The van der Waals surface area contributed by atoms with E-state index in [-0.39, 0.29) is 56.2 Å². The van der Waals surface area contributed by atoms with Crippen molar-refractivity contribution in [3.05, 3.63) is 88.0 Å². The van der Waals surface area contributed by atoms with Crippen LogP contribution < -0.4 is 15.9 Å². The molecule has 0 saturated carbocycles. The number of ether oxygens (including phenoxy) is 5. The number of unbranched alkanes of at least 4 members (excludes halogenated alkanes) is 9. The zero-order valence-electron chi connectivity index (χ0n) is 58.4. The second-order valence-electron chi connectivity index (χ2n) is 29.4. The van der Waals surface area contributed by atoms with E-state index in [2.05, 4.69) is 96.1 Å². The van der Waals surface area contributed by atoms with Crippen molar-refractivity contribution < 1.29 is 58.8 Å². The molecule has 89 heavy (non-hydrogen) atoms. The fourth-order valence-corrected chi connectivity index (χ4v) is 21.7. The van der Waals surface area contributed by atoms with Crippen LogP contribution >= 0.6 is 7.26 Å². The number of rotatable bonds is 22. The van der Waals surface area contributed by atoms with E-state index >= 15 is 0 Å². The Balaban J connectivity index is 1.14. The first-order valence-corrected chi connectivity index (χ1v) is 36.3. The number of carbonyl (C=O) groups is 2. The van der Waals surface area contributed by atoms with Gasteiger partial charge in [0.15, 0.2) is 6.29 Å². The van der Waals surface area contributed by atoms with E-state index < -0.39 is 103 Å². The normalized spacial score (nSPS) is 34.0. The molecule has 14 nitrogen and oxygen atoms in total. The number of hydrogen-bond acceptors (Lipinski definition) is 13. The number of aliphatic hydroxyl groups is 5. The van der Waals surface area contributed by atoms with Gasteiger partial charge in [0.05, 0.1) is 47.6 Å². The molecule has 0 radical (unpaired) electrons. The van der Waals surface area contributed by atoms with Crippen LogP contribution in [-0.2, 0) is 33.3 Å². The number of benzene rings is 3. The van der Waals surface area contributed by atoms with Crippen molar-refractivity contribution in [2.24, 2.45) is 23.7 Å². The summed E-state index contributed by atoms with van der Waals surface area (Å²) in [6.07, 6.45) is 4.32. The van der Waals surface area contributed by atoms with E-state index in [1.54, 1.807) is 39.5 Å². The summed E-state index contributed by atoms with van der Waals surface area (Å²) in [6.45, 7) is 31.4. The molecule has 3 aromatic rings. The minimum absolute atomic E-state index is 0.107. The van der Waals surface area contributed by atoms with Crippen LogP contribution in [0.1, 0.15) is 199 Å². The smallest absolute Gasteiger partial charge is 0.126 e. The van der Waals surface area contributed by atoms with Gasteiger partial charge in [-0.3, -0.25) is 9.59 Å². The quantitative estimate of drug-likeness (QED) is 0.0364. The average molecular weight is 1260 g/mol. The van der Waals surface area contributed by atoms with Crippen molar-refractivity contribution in [3.63, 3.8) is 0 Å². The summed E-state index contributed by atoms with van der Waals surface area (Å²) < 4.78 is 32.3. The SMILES string of the molecule is CC[C@H]1OC(=O)[C@H](C)[C@@H](C2C[C@@](C)(OC)[C@@H](O)[C@H](C)O2)[C@H](C)[C@@H](O[C@@H]2O[C@H](C)C[C@H](N(C)C)[C@H]2O)[C@](C)(O)C[C@@H](C)CN(C(=O)CCCCCCCCCCCC[PH](c2cc(C)cc(C)c2)(c2cc(C)cc(C)c2)c2cc(C)cc(C)c2)[C@H](C)[C@@H](O)[C@]1(C)O. The molecule has 1 unspecified atom stereocenters. The molecule has 6 rings (SSSR count). The Labute approximate surface area is 537 Å². The molecule has 3 heterocycles. The molecular weight excluding hydrogens is 1140 g/mol. The monoisotopic (exact) mass is 1260 g/mol. The van der Waals surface area contributed by atoms with Gasteiger partial charge >= 0.3 is 235 Å². The van der Waals surface area contributed by atoms with Gasteiger partial charge in [0.25, 0.3) is 0 Å². The Kier molecular flexibility index (Phi) is 27.0. The molecule has 3 aliphatic rings. The summed E-state index contributed by atoms with van der Waals surface area (Å²) in [5, 5.41) is 65.6. The van der Waals surface area contributed by atoms with E-state index in [1.807, 2.05) is 46.7 Å². The van der Waals surface area contributed by atoms with Crippen LogP contribution in [0.15, 0.2) is 54.6 Å². The molecule has 0 aromatic heterocycles. The van der Waals surface area contributed by atoms with Crippen molar-refractivity contribution in [1.29, 1.82) is 0 Å². The minimum atomic E-state index is -2.42. The van der Waals surface area contributed by atoms with Crippen LogP contribution in [0.4, 0.5) is 0 Å². The van der Waals surface area contributed by atoms with Crippen LogP contribution in [0.25, 0.3) is 0 Å². The Bertz CT molecular complexity index is 2570. The molecule has 5 N–H and O–H groups in total. The van der Waals surface area contributed by atoms with Gasteiger partial charge in [-0.2, -0.15) is 0 Å². The third-order valence-electron chi connectivity index (χ3n) is 20.9. The molecule has 1 amide bonds. The summed E-state index contributed by atoms with van der Waals surface area (Å²) in [6, 6.07) is 20.5. The van der Waals surface area contributed by atoms with Crippen molar-refractivity contribution in [3.8, 4) is 0 Å². The summed E-state index contributed by atoms with van der Waals surface area (Å²) in [4.78, 5) is 33.2. The zero-order valence-corrected chi connectivity index (χ0v) is 59.4. The molecule has 504 valence electrons. The molecule has 0 aliphatic carbocycles. The molecule has 3 aliphatic heterocycles. The molecule has 3 fully saturated rings. The van der Waals surface area contributed by atoms with E-state index in [1.165, 1.54) is 95.4 Å². The second kappa shape index (κ2) is 32.2. The molecule has 3 saturated heterocycles. The third kappa shape index (κ3) is 18.3. The molecule has 0 bridgehead atoms.